The molecule has 0 saturated heterocycles. The zero-order valence-electron chi connectivity index (χ0n) is 10.1. The molecule has 0 unspecified atom stereocenters. The number of pyridine rings is 1. The van der Waals surface area contributed by atoms with Crippen LogP contribution in [0.5, 0.6) is 5.75 Å². The molecule has 5 nitrogen and oxygen atoms in total. The molecular formula is C12H15NO4. The van der Waals surface area contributed by atoms with Crippen LogP contribution in [-0.2, 0) is 19.9 Å². The minimum absolute atomic E-state index is 0.0544. The van der Waals surface area contributed by atoms with Crippen molar-refractivity contribution in [3.05, 3.63) is 27.2 Å². The van der Waals surface area contributed by atoms with Crippen LogP contribution in [0.15, 0.2) is 4.79 Å². The molecule has 1 aliphatic carbocycles. The number of carboxylic acid groups (broad SMARTS) is 1. The highest BCUT2D eigenvalue weighted by Gasteiger charge is 2.35. The Hall–Kier alpha value is -1.78. The van der Waals surface area contributed by atoms with Gasteiger partial charge in [0.2, 0.25) is 0 Å². The Bertz CT molecular complexity index is 569. The second-order valence-electron chi connectivity index (χ2n) is 5.34. The van der Waals surface area contributed by atoms with E-state index in [1.165, 1.54) is 4.57 Å². The van der Waals surface area contributed by atoms with Crippen molar-refractivity contribution in [1.82, 2.24) is 4.57 Å². The first kappa shape index (κ1) is 11.7. The summed E-state index contributed by atoms with van der Waals surface area (Å²) in [6.07, 6.45) is 1.25. The summed E-state index contributed by atoms with van der Waals surface area (Å²) in [6.45, 7) is 4.05. The SMILES string of the molecule is Cn1c2c(c(O)c(C(=O)O)c1=O)CC(C)(C)C2. The highest BCUT2D eigenvalue weighted by atomic mass is 16.4. The van der Waals surface area contributed by atoms with Crippen LogP contribution in [-0.4, -0.2) is 20.7 Å². The first-order chi connectivity index (χ1) is 7.74. The molecule has 2 rings (SSSR count). The van der Waals surface area contributed by atoms with Gasteiger partial charge in [-0.3, -0.25) is 4.79 Å². The lowest BCUT2D eigenvalue weighted by atomic mass is 9.90. The van der Waals surface area contributed by atoms with Gasteiger partial charge in [0.15, 0.2) is 5.56 Å². The Kier molecular flexibility index (Phi) is 2.31. The molecule has 0 fully saturated rings. The lowest BCUT2D eigenvalue weighted by Crippen LogP contribution is -2.27. The highest BCUT2D eigenvalue weighted by Crippen LogP contribution is 2.40. The molecule has 0 radical (unpaired) electrons. The van der Waals surface area contributed by atoms with E-state index in [2.05, 4.69) is 0 Å². The van der Waals surface area contributed by atoms with Crippen LogP contribution >= 0.6 is 0 Å². The van der Waals surface area contributed by atoms with Crippen LogP contribution < -0.4 is 5.56 Å². The number of hydrogen-bond donors (Lipinski definition) is 2. The minimum atomic E-state index is -1.38. The van der Waals surface area contributed by atoms with Crippen molar-refractivity contribution in [2.24, 2.45) is 12.5 Å². The van der Waals surface area contributed by atoms with Crippen molar-refractivity contribution >= 4 is 5.97 Å². The van der Waals surface area contributed by atoms with Gasteiger partial charge in [-0.1, -0.05) is 13.8 Å². The van der Waals surface area contributed by atoms with Crippen molar-refractivity contribution in [3.8, 4) is 5.75 Å². The third-order valence-corrected chi connectivity index (χ3v) is 3.31. The van der Waals surface area contributed by atoms with Crippen molar-refractivity contribution < 1.29 is 15.0 Å². The van der Waals surface area contributed by atoms with Gasteiger partial charge in [-0.05, 0) is 18.3 Å². The molecule has 92 valence electrons. The number of rotatable bonds is 1. The largest absolute Gasteiger partial charge is 0.506 e. The predicted molar refractivity (Wildman–Crippen MR) is 61.5 cm³/mol. The van der Waals surface area contributed by atoms with Crippen molar-refractivity contribution in [2.45, 2.75) is 26.7 Å². The molecule has 2 N–H and O–H groups in total. The second-order valence-corrected chi connectivity index (χ2v) is 5.34. The van der Waals surface area contributed by atoms with Crippen LogP contribution in [0.25, 0.3) is 0 Å². The predicted octanol–water partition coefficient (Wildman–Crippen LogP) is 0.914. The summed E-state index contributed by atoms with van der Waals surface area (Å²) in [4.78, 5) is 22.8. The van der Waals surface area contributed by atoms with Gasteiger partial charge in [-0.25, -0.2) is 4.79 Å². The summed E-state index contributed by atoms with van der Waals surface area (Å²) in [5, 5.41) is 18.9. The van der Waals surface area contributed by atoms with Gasteiger partial charge in [0.05, 0.1) is 0 Å². The number of carboxylic acids is 1. The molecule has 0 atom stereocenters. The van der Waals surface area contributed by atoms with Gasteiger partial charge in [0.1, 0.15) is 5.75 Å². The summed E-state index contributed by atoms with van der Waals surface area (Å²) >= 11 is 0. The molecule has 17 heavy (non-hydrogen) atoms. The standard InChI is InChI=1S/C12H15NO4/c1-12(2)4-6-7(5-12)13(3)10(15)8(9(6)14)11(16)17/h14H,4-5H2,1-3H3,(H,16,17). The van der Waals surface area contributed by atoms with E-state index in [0.717, 1.165) is 5.69 Å². The second kappa shape index (κ2) is 3.35. The van der Waals surface area contributed by atoms with E-state index in [9.17, 15) is 14.7 Å². The Balaban J connectivity index is 2.79. The van der Waals surface area contributed by atoms with E-state index in [1.54, 1.807) is 7.05 Å². The maximum Gasteiger partial charge on any atom is 0.345 e. The molecule has 1 aromatic heterocycles. The van der Waals surface area contributed by atoms with Crippen molar-refractivity contribution in [2.75, 3.05) is 0 Å². The van der Waals surface area contributed by atoms with E-state index < -0.39 is 17.1 Å². The van der Waals surface area contributed by atoms with E-state index in [-0.39, 0.29) is 11.2 Å². The summed E-state index contributed by atoms with van der Waals surface area (Å²) in [6, 6.07) is 0. The van der Waals surface area contributed by atoms with Crippen molar-refractivity contribution in [3.63, 3.8) is 0 Å². The van der Waals surface area contributed by atoms with Gasteiger partial charge >= 0.3 is 5.97 Å². The molecular weight excluding hydrogens is 222 g/mol. The number of nitrogens with zero attached hydrogens (tertiary/aromatic N) is 1. The lowest BCUT2D eigenvalue weighted by Gasteiger charge is -2.14. The Morgan fingerprint density at radius 2 is 1.94 bits per heavy atom. The molecule has 0 bridgehead atoms. The van der Waals surface area contributed by atoms with E-state index >= 15 is 0 Å². The minimum Gasteiger partial charge on any atom is -0.506 e. The summed E-state index contributed by atoms with van der Waals surface area (Å²) < 4.78 is 1.34. The van der Waals surface area contributed by atoms with Gasteiger partial charge in [-0.15, -0.1) is 0 Å². The number of hydrogen-bond acceptors (Lipinski definition) is 3. The fourth-order valence-corrected chi connectivity index (χ4v) is 2.48. The van der Waals surface area contributed by atoms with Crippen LogP contribution in [0.2, 0.25) is 0 Å². The highest BCUT2D eigenvalue weighted by molar-refractivity contribution is 5.91. The number of aromatic hydroxyl groups is 1. The average molecular weight is 237 g/mol. The Morgan fingerprint density at radius 3 is 2.47 bits per heavy atom. The first-order valence-electron chi connectivity index (χ1n) is 5.41. The number of aromatic carboxylic acids is 1. The van der Waals surface area contributed by atoms with Crippen LogP contribution in [0.4, 0.5) is 0 Å². The summed E-state index contributed by atoms with van der Waals surface area (Å²) in [7, 11) is 1.55. The van der Waals surface area contributed by atoms with Crippen molar-refractivity contribution in [1.29, 1.82) is 0 Å². The fraction of sp³-hybridized carbons (Fsp3) is 0.500. The molecule has 1 heterocycles. The Labute approximate surface area is 98.3 Å². The summed E-state index contributed by atoms with van der Waals surface area (Å²) in [5.74, 6) is -1.74. The lowest BCUT2D eigenvalue weighted by molar-refractivity contribution is 0.0690. The molecule has 0 aliphatic heterocycles. The topological polar surface area (TPSA) is 79.5 Å². The number of aromatic nitrogens is 1. The number of carbonyl (C=O) groups is 1. The molecule has 0 spiro atoms. The smallest absolute Gasteiger partial charge is 0.345 e. The van der Waals surface area contributed by atoms with Crippen LogP contribution in [0.1, 0.15) is 35.5 Å². The third-order valence-electron chi connectivity index (χ3n) is 3.31. The first-order valence-corrected chi connectivity index (χ1v) is 5.41. The average Bonchev–Trinajstić information content (AvgIpc) is 2.51. The molecule has 0 saturated carbocycles. The third kappa shape index (κ3) is 1.62. The van der Waals surface area contributed by atoms with E-state index in [0.29, 0.717) is 18.4 Å². The van der Waals surface area contributed by atoms with Gasteiger partial charge in [-0.2, -0.15) is 0 Å². The maximum atomic E-state index is 11.8. The molecule has 1 aromatic rings. The fourth-order valence-electron chi connectivity index (χ4n) is 2.48. The molecule has 5 heteroatoms. The monoisotopic (exact) mass is 237 g/mol. The van der Waals surface area contributed by atoms with Gasteiger partial charge in [0, 0.05) is 18.3 Å². The van der Waals surface area contributed by atoms with E-state index in [1.807, 2.05) is 13.8 Å². The number of fused-ring (bicyclic) bond motifs is 1. The van der Waals surface area contributed by atoms with Crippen LogP contribution in [0.3, 0.4) is 0 Å². The molecule has 0 aromatic carbocycles. The van der Waals surface area contributed by atoms with E-state index in [4.69, 9.17) is 5.11 Å². The normalized spacial score (nSPS) is 16.9. The zero-order chi connectivity index (χ0) is 13.0. The summed E-state index contributed by atoms with van der Waals surface area (Å²) in [5.41, 5.74) is 0.105. The van der Waals surface area contributed by atoms with Crippen LogP contribution in [0, 0.1) is 5.41 Å². The molecule has 0 amide bonds. The molecule has 1 aliphatic rings. The quantitative estimate of drug-likeness (QED) is 0.761. The maximum absolute atomic E-state index is 11.8. The Morgan fingerprint density at radius 1 is 1.35 bits per heavy atom. The van der Waals surface area contributed by atoms with Gasteiger partial charge < -0.3 is 14.8 Å². The zero-order valence-corrected chi connectivity index (χ0v) is 10.1. The van der Waals surface area contributed by atoms with Gasteiger partial charge in [0.25, 0.3) is 5.56 Å².